The average Bonchev–Trinajstić information content (AvgIpc) is 2.88. The van der Waals surface area contributed by atoms with Gasteiger partial charge in [0.1, 0.15) is 4.21 Å². The fourth-order valence-electron chi connectivity index (χ4n) is 1.74. The minimum absolute atomic E-state index is 0. The highest BCUT2D eigenvalue weighted by Gasteiger charge is 2.12. The van der Waals surface area contributed by atoms with Crippen molar-refractivity contribution in [1.82, 2.24) is 10.2 Å². The van der Waals surface area contributed by atoms with Crippen LogP contribution in [0.25, 0.3) is 0 Å². The molecular formula is C13H23IN4O2S2. The first kappa shape index (κ1) is 21.4. The Bertz CT molecular complexity index is 599. The fourth-order valence-corrected chi connectivity index (χ4v) is 3.45. The number of nitrogens with zero attached hydrogens (tertiary/aromatic N) is 2. The molecule has 1 rings (SSSR count). The van der Waals surface area contributed by atoms with Gasteiger partial charge < -0.3 is 10.2 Å². The summed E-state index contributed by atoms with van der Waals surface area (Å²) in [5.41, 5.74) is 0. The predicted octanol–water partition coefficient (Wildman–Crippen LogP) is 1.99. The van der Waals surface area contributed by atoms with Crippen molar-refractivity contribution in [1.29, 1.82) is 0 Å². The van der Waals surface area contributed by atoms with Crippen molar-refractivity contribution in [3.8, 4) is 0 Å². The first-order chi connectivity index (χ1) is 9.88. The number of nitrogens with two attached hydrogens (primary N) is 1. The number of sulfonamides is 1. The summed E-state index contributed by atoms with van der Waals surface area (Å²) in [6.07, 6.45) is 3.86. The van der Waals surface area contributed by atoms with Gasteiger partial charge in [0.25, 0.3) is 0 Å². The van der Waals surface area contributed by atoms with Crippen molar-refractivity contribution in [2.24, 2.45) is 10.1 Å². The van der Waals surface area contributed by atoms with Crippen molar-refractivity contribution in [2.75, 3.05) is 20.6 Å². The summed E-state index contributed by atoms with van der Waals surface area (Å²) in [5, 5.41) is 8.29. The van der Waals surface area contributed by atoms with Crippen LogP contribution in [0.5, 0.6) is 0 Å². The van der Waals surface area contributed by atoms with Crippen LogP contribution in [0.1, 0.15) is 17.7 Å². The van der Waals surface area contributed by atoms with Gasteiger partial charge in [-0.2, -0.15) is 0 Å². The highest BCUT2D eigenvalue weighted by molar-refractivity contribution is 14.0. The number of guanidine groups is 1. The van der Waals surface area contributed by atoms with E-state index in [2.05, 4.69) is 16.9 Å². The summed E-state index contributed by atoms with van der Waals surface area (Å²) in [4.78, 5) is 7.12. The van der Waals surface area contributed by atoms with Crippen molar-refractivity contribution in [3.05, 3.63) is 29.7 Å². The second-order valence-corrected chi connectivity index (χ2v) is 7.48. The number of aliphatic imine (C=N–C) groups is 1. The predicted molar refractivity (Wildman–Crippen MR) is 103 cm³/mol. The first-order valence-electron chi connectivity index (χ1n) is 6.52. The van der Waals surface area contributed by atoms with Crippen LogP contribution in [0.2, 0.25) is 0 Å². The molecule has 0 bridgehead atoms. The smallest absolute Gasteiger partial charge is 0.247 e. The van der Waals surface area contributed by atoms with E-state index >= 15 is 0 Å². The Morgan fingerprint density at radius 2 is 2.23 bits per heavy atom. The van der Waals surface area contributed by atoms with Gasteiger partial charge in [0.05, 0.1) is 6.54 Å². The molecule has 0 radical (unpaired) electrons. The van der Waals surface area contributed by atoms with Crippen LogP contribution in [0.3, 0.4) is 0 Å². The lowest BCUT2D eigenvalue weighted by Gasteiger charge is -2.21. The number of primary sulfonamides is 1. The molecule has 126 valence electrons. The van der Waals surface area contributed by atoms with Crippen LogP contribution in [-0.4, -0.2) is 39.9 Å². The molecule has 22 heavy (non-hydrogen) atoms. The van der Waals surface area contributed by atoms with E-state index in [4.69, 9.17) is 5.14 Å². The third-order valence-electron chi connectivity index (χ3n) is 2.81. The molecular weight excluding hydrogens is 435 g/mol. The number of unbranched alkanes of at least 4 members (excludes halogenated alkanes) is 1. The number of rotatable bonds is 7. The SMILES string of the molecule is C=CCCCN(C)C(=NC)NCc1ccc(S(N)(=O)=O)s1.I. The van der Waals surface area contributed by atoms with E-state index in [0.717, 1.165) is 41.6 Å². The first-order valence-corrected chi connectivity index (χ1v) is 8.89. The van der Waals surface area contributed by atoms with E-state index in [-0.39, 0.29) is 28.2 Å². The van der Waals surface area contributed by atoms with E-state index in [1.165, 1.54) is 6.07 Å². The molecule has 0 aliphatic rings. The van der Waals surface area contributed by atoms with Crippen LogP contribution < -0.4 is 10.5 Å². The largest absolute Gasteiger partial charge is 0.351 e. The van der Waals surface area contributed by atoms with E-state index < -0.39 is 10.0 Å². The van der Waals surface area contributed by atoms with E-state index in [0.29, 0.717) is 6.54 Å². The number of allylic oxidation sites excluding steroid dienone is 1. The zero-order valence-electron chi connectivity index (χ0n) is 12.8. The van der Waals surface area contributed by atoms with Crippen LogP contribution >= 0.6 is 35.3 Å². The molecule has 3 N–H and O–H groups in total. The maximum Gasteiger partial charge on any atom is 0.247 e. The Balaban J connectivity index is 0.00000441. The van der Waals surface area contributed by atoms with Gasteiger partial charge in [-0.1, -0.05) is 6.08 Å². The third kappa shape index (κ3) is 7.07. The summed E-state index contributed by atoms with van der Waals surface area (Å²) in [7, 11) is 0.0630. The Morgan fingerprint density at radius 1 is 1.55 bits per heavy atom. The molecule has 6 nitrogen and oxygen atoms in total. The van der Waals surface area contributed by atoms with Gasteiger partial charge >= 0.3 is 0 Å². The summed E-state index contributed by atoms with van der Waals surface area (Å²) in [6.45, 7) is 5.08. The molecule has 0 atom stereocenters. The van der Waals surface area contributed by atoms with Gasteiger partial charge in [-0.05, 0) is 25.0 Å². The number of thiophene rings is 1. The molecule has 0 saturated carbocycles. The van der Waals surface area contributed by atoms with Crippen molar-refractivity contribution < 1.29 is 8.42 Å². The molecule has 0 aromatic carbocycles. The number of nitrogens with one attached hydrogen (secondary N) is 1. The maximum atomic E-state index is 11.2. The molecule has 9 heteroatoms. The van der Waals surface area contributed by atoms with Crippen molar-refractivity contribution in [2.45, 2.75) is 23.6 Å². The summed E-state index contributed by atoms with van der Waals surface area (Å²) in [5.74, 6) is 0.768. The summed E-state index contributed by atoms with van der Waals surface area (Å²) < 4.78 is 22.6. The number of hydrogen-bond acceptors (Lipinski definition) is 4. The fraction of sp³-hybridized carbons (Fsp3) is 0.462. The zero-order valence-corrected chi connectivity index (χ0v) is 16.7. The van der Waals surface area contributed by atoms with Crippen molar-refractivity contribution in [3.63, 3.8) is 0 Å². The van der Waals surface area contributed by atoms with Crippen LogP contribution in [0, 0.1) is 0 Å². The molecule has 0 spiro atoms. The average molecular weight is 458 g/mol. The summed E-state index contributed by atoms with van der Waals surface area (Å²) in [6, 6.07) is 3.27. The monoisotopic (exact) mass is 458 g/mol. The minimum atomic E-state index is -3.62. The topological polar surface area (TPSA) is 87.8 Å². The molecule has 1 heterocycles. The lowest BCUT2D eigenvalue weighted by atomic mass is 10.3. The molecule has 0 amide bonds. The van der Waals surface area contributed by atoms with Crippen LogP contribution in [-0.2, 0) is 16.6 Å². The normalized spacial score (nSPS) is 11.7. The Morgan fingerprint density at radius 3 is 2.73 bits per heavy atom. The molecule has 0 saturated heterocycles. The van der Waals surface area contributed by atoms with Crippen LogP contribution in [0.4, 0.5) is 0 Å². The molecule has 0 aliphatic carbocycles. The quantitative estimate of drug-likeness (QED) is 0.215. The van der Waals surface area contributed by atoms with Gasteiger partial charge in [0, 0.05) is 25.5 Å². The third-order valence-corrected chi connectivity index (χ3v) is 5.34. The maximum absolute atomic E-state index is 11.2. The number of hydrogen-bond donors (Lipinski definition) is 2. The Kier molecular flexibility index (Phi) is 9.89. The lowest BCUT2D eigenvalue weighted by molar-refractivity contribution is 0.470. The summed E-state index contributed by atoms with van der Waals surface area (Å²) >= 11 is 1.16. The Hall–Kier alpha value is -0.650. The zero-order chi connectivity index (χ0) is 15.9. The second kappa shape index (κ2) is 10.2. The lowest BCUT2D eigenvalue weighted by Crippen LogP contribution is -2.38. The van der Waals surface area contributed by atoms with Crippen LogP contribution in [0.15, 0.2) is 34.0 Å². The van der Waals surface area contributed by atoms with E-state index in [1.807, 2.05) is 18.0 Å². The molecule has 0 fully saturated rings. The highest BCUT2D eigenvalue weighted by Crippen LogP contribution is 2.19. The van der Waals surface area contributed by atoms with E-state index in [1.54, 1.807) is 13.1 Å². The van der Waals surface area contributed by atoms with Gasteiger partial charge in [0.2, 0.25) is 10.0 Å². The molecule has 0 aliphatic heterocycles. The standard InChI is InChI=1S/C13H22N4O2S2.HI/c1-4-5-6-9-17(3)13(15-2)16-10-11-7-8-12(20-11)21(14,18)19;/h4,7-8H,1,5-6,9-10H2,2-3H3,(H,15,16)(H2,14,18,19);1H. The second-order valence-electron chi connectivity index (χ2n) is 4.52. The molecule has 0 unspecified atom stereocenters. The molecule has 1 aromatic rings. The van der Waals surface area contributed by atoms with Crippen molar-refractivity contribution >= 4 is 51.3 Å². The van der Waals surface area contributed by atoms with Gasteiger partial charge in [-0.25, -0.2) is 13.6 Å². The highest BCUT2D eigenvalue weighted by atomic mass is 127. The Labute approximate surface area is 153 Å². The minimum Gasteiger partial charge on any atom is -0.351 e. The van der Waals surface area contributed by atoms with Gasteiger partial charge in [-0.15, -0.1) is 41.9 Å². The number of halogens is 1. The van der Waals surface area contributed by atoms with Gasteiger partial charge in [-0.3, -0.25) is 4.99 Å². The molecule has 1 aromatic heterocycles. The van der Waals surface area contributed by atoms with Gasteiger partial charge in [0.15, 0.2) is 5.96 Å². The van der Waals surface area contributed by atoms with E-state index in [9.17, 15) is 8.42 Å².